The summed E-state index contributed by atoms with van der Waals surface area (Å²) in [5, 5.41) is -16.4. The zero-order chi connectivity index (χ0) is 35.1. The lowest BCUT2D eigenvalue weighted by molar-refractivity contribution is -0.671. The monoisotopic (exact) mass is 719 g/mol. The molecule has 1 aromatic rings. The first-order chi connectivity index (χ1) is 18.5. The molecule has 0 saturated carbocycles. The predicted octanol–water partition coefficient (Wildman–Crippen LogP) is 5.98. The smallest absolute Gasteiger partial charge is 0.425 e. The van der Waals surface area contributed by atoms with Gasteiger partial charge in [-0.05, 0) is 6.42 Å². The Morgan fingerprint density at radius 1 is 0.628 bits per heavy atom. The van der Waals surface area contributed by atoms with Gasteiger partial charge in [0.15, 0.2) is 20.0 Å². The first-order valence-electron chi connectivity index (χ1n) is 10.2. The Hall–Kier alpha value is -2.19. The number of hydrogen-bond donors (Lipinski definition) is 0. The van der Waals surface area contributed by atoms with Gasteiger partial charge in [-0.3, -0.25) is 0 Å². The van der Waals surface area contributed by atoms with Crippen molar-refractivity contribution < 1.29 is 100 Å². The summed E-state index contributed by atoms with van der Waals surface area (Å²) < 4.78 is 274. The van der Waals surface area contributed by atoms with Crippen molar-refractivity contribution in [3.63, 3.8) is 0 Å². The maximum absolute atomic E-state index is 13.2. The van der Waals surface area contributed by atoms with Crippen molar-refractivity contribution in [2.75, 3.05) is 0 Å². The van der Waals surface area contributed by atoms with Gasteiger partial charge in [0.25, 0.3) is 0 Å². The lowest BCUT2D eigenvalue weighted by Gasteiger charge is -2.39. The Labute approximate surface area is 228 Å². The minimum atomic E-state index is -8.81. The molecule has 43 heavy (non-hydrogen) atoms. The number of alkyl halides is 18. The van der Waals surface area contributed by atoms with Gasteiger partial charge in [-0.15, -0.1) is 0 Å². The standard InChI is InChI=1S/C8F18NO4S2.C8H15N2/c9-1(10,5(17,18)19)3(13,14)7(23,24)32(28,29)27-33(30,31)8(25,26)4(15,16)2(11,12)6(20,21)22;1-3-4-5-10-7-6-9(2)8-10/h;6-8H,3-5H2,1-2H3/q-1;+1. The van der Waals surface area contributed by atoms with E-state index in [0.29, 0.717) is 0 Å². The van der Waals surface area contributed by atoms with Crippen molar-refractivity contribution in [3.8, 4) is 0 Å². The maximum atomic E-state index is 13.2. The van der Waals surface area contributed by atoms with Gasteiger partial charge in [-0.25, -0.2) is 26.0 Å². The van der Waals surface area contributed by atoms with E-state index >= 15 is 0 Å². The zero-order valence-electron chi connectivity index (χ0n) is 20.4. The number of aryl methyl sites for hydroxylation is 2. The average Bonchev–Trinajstić information content (AvgIpc) is 3.20. The van der Waals surface area contributed by atoms with E-state index in [2.05, 4.69) is 34.8 Å². The lowest BCUT2D eigenvalue weighted by Crippen LogP contribution is -2.64. The molecule has 1 rings (SSSR count). The molecule has 7 nitrogen and oxygen atoms in total. The molecule has 0 aromatic carbocycles. The highest BCUT2D eigenvalue weighted by Gasteiger charge is 2.86. The van der Waals surface area contributed by atoms with Gasteiger partial charge in [0.2, 0.25) is 6.33 Å². The normalized spacial score (nSPS) is 15.3. The van der Waals surface area contributed by atoms with Crippen LogP contribution in [-0.4, -0.2) is 68.0 Å². The Bertz CT molecular complexity index is 1240. The molecule has 0 aliphatic carbocycles. The van der Waals surface area contributed by atoms with Crippen LogP contribution in [0.4, 0.5) is 79.0 Å². The van der Waals surface area contributed by atoms with Crippen LogP contribution >= 0.6 is 0 Å². The van der Waals surface area contributed by atoms with Crippen molar-refractivity contribution in [1.82, 2.24) is 4.57 Å². The summed E-state index contributed by atoms with van der Waals surface area (Å²) in [7, 11) is -15.6. The van der Waals surface area contributed by atoms with Gasteiger partial charge in [-0.2, -0.15) is 79.0 Å². The summed E-state index contributed by atoms with van der Waals surface area (Å²) >= 11 is 0. The number of sulfonamides is 2. The lowest BCUT2D eigenvalue weighted by atomic mass is 10.1. The van der Waals surface area contributed by atoms with Gasteiger partial charge in [-0.1, -0.05) is 13.3 Å². The maximum Gasteiger partial charge on any atom is 0.460 e. The van der Waals surface area contributed by atoms with Gasteiger partial charge >= 0.3 is 46.6 Å². The molecular formula is C16H15F18N3O4S2. The number of unbranched alkanes of at least 4 members (excludes halogenated alkanes) is 1. The number of hydrogen-bond acceptors (Lipinski definition) is 4. The van der Waals surface area contributed by atoms with E-state index in [1.165, 1.54) is 12.8 Å². The summed E-state index contributed by atoms with van der Waals surface area (Å²) in [6.07, 6.45) is -6.74. The van der Waals surface area contributed by atoms with Crippen molar-refractivity contribution >= 4 is 20.0 Å². The topological polar surface area (TPSA) is 91.2 Å². The first kappa shape index (κ1) is 40.8. The fourth-order valence-corrected chi connectivity index (χ4v) is 4.93. The van der Waals surface area contributed by atoms with E-state index in [-0.39, 0.29) is 4.13 Å². The van der Waals surface area contributed by atoms with Crippen LogP contribution in [0.2, 0.25) is 0 Å². The molecule has 0 unspecified atom stereocenters. The fourth-order valence-electron chi connectivity index (χ4n) is 2.24. The van der Waals surface area contributed by atoms with Crippen LogP contribution in [0.5, 0.6) is 0 Å². The molecule has 0 amide bonds. The minimum Gasteiger partial charge on any atom is -0.425 e. The summed E-state index contributed by atoms with van der Waals surface area (Å²) in [5.41, 5.74) is 0. The van der Waals surface area contributed by atoms with Crippen LogP contribution in [-0.2, 0) is 33.6 Å². The van der Waals surface area contributed by atoms with Crippen LogP contribution in [0.25, 0.3) is 4.13 Å². The van der Waals surface area contributed by atoms with E-state index in [1.54, 1.807) is 0 Å². The van der Waals surface area contributed by atoms with Crippen LogP contribution in [0.3, 0.4) is 0 Å². The van der Waals surface area contributed by atoms with Gasteiger partial charge < -0.3 is 4.13 Å². The molecule has 256 valence electrons. The number of imidazole rings is 1. The van der Waals surface area contributed by atoms with Gasteiger partial charge in [0.1, 0.15) is 12.4 Å². The van der Waals surface area contributed by atoms with E-state index in [9.17, 15) is 95.9 Å². The Morgan fingerprint density at radius 2 is 0.953 bits per heavy atom. The molecular weight excluding hydrogens is 704 g/mol. The van der Waals surface area contributed by atoms with E-state index in [1.807, 2.05) is 7.05 Å². The summed E-state index contributed by atoms with van der Waals surface area (Å²) in [4.78, 5) is 0. The van der Waals surface area contributed by atoms with Gasteiger partial charge in [0.05, 0.1) is 13.6 Å². The predicted molar refractivity (Wildman–Crippen MR) is 104 cm³/mol. The SMILES string of the molecule is CCCCn1cc[n+](C)c1.O=S(=O)([N-]S(=O)(=O)C(F)(F)C(F)(F)C(F)(F)C(F)(F)F)C(F)(F)C(F)(F)C(F)(F)C(F)(F)F. The Balaban J connectivity index is 0.00000147. The second-order valence-electron chi connectivity index (χ2n) is 8.02. The first-order valence-corrected chi connectivity index (χ1v) is 13.1. The molecule has 0 bridgehead atoms. The minimum absolute atomic E-state index is 0.109. The molecule has 0 atom stereocenters. The van der Waals surface area contributed by atoms with Crippen molar-refractivity contribution in [3.05, 3.63) is 22.8 Å². The highest BCUT2D eigenvalue weighted by atomic mass is 32.3. The second-order valence-corrected chi connectivity index (χ2v) is 11.5. The fraction of sp³-hybridized carbons (Fsp3) is 0.812. The Morgan fingerprint density at radius 3 is 1.19 bits per heavy atom. The average molecular weight is 719 g/mol. The molecule has 0 spiro atoms. The van der Waals surface area contributed by atoms with Crippen molar-refractivity contribution in [2.24, 2.45) is 7.05 Å². The van der Waals surface area contributed by atoms with Crippen LogP contribution in [0.15, 0.2) is 18.7 Å². The summed E-state index contributed by atoms with van der Waals surface area (Å²) in [6, 6.07) is 0. The highest BCUT2D eigenvalue weighted by Crippen LogP contribution is 2.58. The van der Waals surface area contributed by atoms with E-state index in [4.69, 9.17) is 0 Å². The third kappa shape index (κ3) is 7.22. The number of nitrogens with zero attached hydrogens (tertiary/aromatic N) is 3. The quantitative estimate of drug-likeness (QED) is 0.208. The number of halogens is 18. The molecule has 27 heteroatoms. The number of aromatic nitrogens is 2. The third-order valence-corrected chi connectivity index (χ3v) is 8.05. The largest absolute Gasteiger partial charge is 0.460 e. The van der Waals surface area contributed by atoms with Crippen molar-refractivity contribution in [2.45, 2.75) is 72.9 Å². The number of rotatable bonds is 11. The molecule has 0 fully saturated rings. The zero-order valence-corrected chi connectivity index (χ0v) is 22.1. The highest BCUT2D eigenvalue weighted by molar-refractivity contribution is 8.13. The van der Waals surface area contributed by atoms with Crippen LogP contribution in [0, 0.1) is 0 Å². The summed E-state index contributed by atoms with van der Waals surface area (Å²) in [6.45, 7) is 3.36. The molecule has 0 saturated heterocycles. The molecule has 0 aliphatic rings. The molecule has 1 aromatic heterocycles. The summed E-state index contributed by atoms with van der Waals surface area (Å²) in [5.74, 6) is -33.0. The van der Waals surface area contributed by atoms with E-state index < -0.39 is 66.6 Å². The van der Waals surface area contributed by atoms with Crippen LogP contribution < -0.4 is 4.57 Å². The molecule has 0 radical (unpaired) electrons. The Kier molecular flexibility index (Phi) is 11.3. The van der Waals surface area contributed by atoms with Gasteiger partial charge in [0, 0.05) is 0 Å². The van der Waals surface area contributed by atoms with E-state index in [0.717, 1.165) is 6.54 Å². The molecule has 1 heterocycles. The van der Waals surface area contributed by atoms with Crippen molar-refractivity contribution in [1.29, 1.82) is 0 Å². The third-order valence-electron chi connectivity index (χ3n) is 4.67. The molecule has 0 N–H and O–H groups in total. The van der Waals surface area contributed by atoms with Crippen LogP contribution in [0.1, 0.15) is 19.8 Å². The molecule has 0 aliphatic heterocycles. The second kappa shape index (κ2) is 12.0.